The number of nitrogens with zero attached hydrogens (tertiary/aromatic N) is 5. The highest BCUT2D eigenvalue weighted by atomic mass is 16.2. The second-order valence-electron chi connectivity index (χ2n) is 7.17. The van der Waals surface area contributed by atoms with E-state index < -0.39 is 5.54 Å². The van der Waals surface area contributed by atoms with Gasteiger partial charge >= 0.3 is 0 Å². The van der Waals surface area contributed by atoms with Gasteiger partial charge in [-0.3, -0.25) is 14.4 Å². The topological polar surface area (TPSA) is 65.2 Å². The zero-order chi connectivity index (χ0) is 18.0. The molecule has 0 saturated carbocycles. The van der Waals surface area contributed by atoms with E-state index >= 15 is 0 Å². The minimum absolute atomic E-state index is 0.213. The highest BCUT2D eigenvalue weighted by Crippen LogP contribution is 2.34. The van der Waals surface area contributed by atoms with Crippen LogP contribution in [0, 0.1) is 11.3 Å². The summed E-state index contributed by atoms with van der Waals surface area (Å²) in [5.74, 6) is 0.213. The summed E-state index contributed by atoms with van der Waals surface area (Å²) in [6.07, 6.45) is 6.26. The smallest absolute Gasteiger partial charge is 0.250 e. The molecule has 6 nitrogen and oxygen atoms in total. The van der Waals surface area contributed by atoms with Gasteiger partial charge in [0.15, 0.2) is 0 Å². The normalized spacial score (nSPS) is 19.6. The summed E-state index contributed by atoms with van der Waals surface area (Å²) in [7, 11) is 0. The van der Waals surface area contributed by atoms with Crippen LogP contribution in [0.1, 0.15) is 30.4 Å². The van der Waals surface area contributed by atoms with Gasteiger partial charge in [-0.05, 0) is 37.0 Å². The molecule has 2 aliphatic rings. The summed E-state index contributed by atoms with van der Waals surface area (Å²) in [6.45, 7) is 4.11. The summed E-state index contributed by atoms with van der Waals surface area (Å²) in [4.78, 5) is 17.5. The summed E-state index contributed by atoms with van der Waals surface area (Å²) < 4.78 is 1.87. The fourth-order valence-corrected chi connectivity index (χ4v) is 3.97. The largest absolute Gasteiger partial charge is 0.340 e. The monoisotopic (exact) mass is 349 g/mol. The number of benzene rings is 1. The lowest BCUT2D eigenvalue weighted by atomic mass is 9.85. The third-order valence-corrected chi connectivity index (χ3v) is 5.70. The summed E-state index contributed by atoms with van der Waals surface area (Å²) in [5, 5.41) is 13.7. The fourth-order valence-electron chi connectivity index (χ4n) is 3.97. The Morgan fingerprint density at radius 3 is 2.54 bits per heavy atom. The summed E-state index contributed by atoms with van der Waals surface area (Å²) in [5.41, 5.74) is 1.22. The number of hydrogen-bond acceptors (Lipinski definition) is 4. The molecular weight excluding hydrogens is 326 g/mol. The summed E-state index contributed by atoms with van der Waals surface area (Å²) in [6, 6.07) is 11.9. The van der Waals surface area contributed by atoms with E-state index in [-0.39, 0.29) is 5.91 Å². The maximum Gasteiger partial charge on any atom is 0.250 e. The first-order chi connectivity index (χ1) is 12.7. The quantitative estimate of drug-likeness (QED) is 0.847. The van der Waals surface area contributed by atoms with Gasteiger partial charge in [0.1, 0.15) is 5.54 Å². The van der Waals surface area contributed by atoms with Crippen LogP contribution < -0.4 is 0 Å². The second-order valence-corrected chi connectivity index (χ2v) is 7.17. The van der Waals surface area contributed by atoms with Crippen LogP contribution in [0.3, 0.4) is 0 Å². The van der Waals surface area contributed by atoms with Crippen LogP contribution in [0.4, 0.5) is 0 Å². The fraction of sp³-hybridized carbons (Fsp3) is 0.450. The molecule has 1 amide bonds. The number of piperidine rings is 1. The first kappa shape index (κ1) is 16.8. The zero-order valence-corrected chi connectivity index (χ0v) is 14.8. The standard InChI is InChI=1S/C20H23N5O/c21-15-17-5-1-2-6-18(17)16-23-13-7-20(8-14-23,25-12-3-9-22-25)19(26)24-10-4-11-24/h1-3,5-6,9,12H,4,7-8,10-11,13-14,16H2. The Morgan fingerprint density at radius 1 is 1.15 bits per heavy atom. The molecule has 26 heavy (non-hydrogen) atoms. The van der Waals surface area contributed by atoms with Gasteiger partial charge in [0, 0.05) is 45.1 Å². The van der Waals surface area contributed by atoms with Crippen LogP contribution in [-0.2, 0) is 16.9 Å². The van der Waals surface area contributed by atoms with Gasteiger partial charge in [0.25, 0.3) is 5.91 Å². The maximum absolute atomic E-state index is 13.2. The maximum atomic E-state index is 13.2. The van der Waals surface area contributed by atoms with E-state index in [0.717, 1.165) is 63.1 Å². The first-order valence-corrected chi connectivity index (χ1v) is 9.23. The van der Waals surface area contributed by atoms with Crippen molar-refractivity contribution >= 4 is 5.91 Å². The van der Waals surface area contributed by atoms with Gasteiger partial charge < -0.3 is 4.90 Å². The number of aromatic nitrogens is 2. The number of likely N-dealkylation sites (tertiary alicyclic amines) is 2. The highest BCUT2D eigenvalue weighted by Gasteiger charge is 2.46. The molecule has 6 heteroatoms. The van der Waals surface area contributed by atoms with Crippen molar-refractivity contribution in [1.82, 2.24) is 19.6 Å². The van der Waals surface area contributed by atoms with Crippen molar-refractivity contribution in [3.8, 4) is 6.07 Å². The molecule has 1 aromatic carbocycles. The first-order valence-electron chi connectivity index (χ1n) is 9.23. The number of nitriles is 1. The van der Waals surface area contributed by atoms with E-state index in [1.54, 1.807) is 6.20 Å². The number of amides is 1. The lowest BCUT2D eigenvalue weighted by Gasteiger charge is -2.45. The Morgan fingerprint density at radius 2 is 1.92 bits per heavy atom. The Hall–Kier alpha value is -2.65. The van der Waals surface area contributed by atoms with Crippen LogP contribution in [0.25, 0.3) is 0 Å². The van der Waals surface area contributed by atoms with E-state index in [0.29, 0.717) is 0 Å². The van der Waals surface area contributed by atoms with Gasteiger partial charge in [-0.1, -0.05) is 18.2 Å². The van der Waals surface area contributed by atoms with Crippen molar-refractivity contribution in [2.24, 2.45) is 0 Å². The average molecular weight is 349 g/mol. The zero-order valence-electron chi connectivity index (χ0n) is 14.8. The number of hydrogen-bond donors (Lipinski definition) is 0. The molecule has 0 spiro atoms. The third kappa shape index (κ3) is 2.89. The van der Waals surface area contributed by atoms with Crippen molar-refractivity contribution in [3.05, 3.63) is 53.9 Å². The minimum Gasteiger partial charge on any atom is -0.340 e. The molecular formula is C20H23N5O. The molecule has 2 aromatic rings. The van der Waals surface area contributed by atoms with Gasteiger partial charge in [0.05, 0.1) is 11.6 Å². The average Bonchev–Trinajstić information content (AvgIpc) is 3.16. The van der Waals surface area contributed by atoms with E-state index in [4.69, 9.17) is 0 Å². The van der Waals surface area contributed by atoms with Crippen LogP contribution in [-0.4, -0.2) is 51.7 Å². The predicted octanol–water partition coefficient (Wildman–Crippen LogP) is 1.98. The molecule has 2 saturated heterocycles. The van der Waals surface area contributed by atoms with Gasteiger partial charge in [-0.2, -0.15) is 10.4 Å². The second kappa shape index (κ2) is 6.93. The van der Waals surface area contributed by atoms with Crippen molar-refractivity contribution in [2.75, 3.05) is 26.2 Å². The number of rotatable bonds is 4. The molecule has 0 aliphatic carbocycles. The molecule has 0 bridgehead atoms. The Labute approximate surface area is 153 Å². The number of carbonyl (C=O) groups is 1. The van der Waals surface area contributed by atoms with Crippen molar-refractivity contribution < 1.29 is 4.79 Å². The van der Waals surface area contributed by atoms with E-state index in [2.05, 4.69) is 16.1 Å². The molecule has 0 N–H and O–H groups in total. The molecule has 1 aromatic heterocycles. The molecule has 134 valence electrons. The van der Waals surface area contributed by atoms with Gasteiger partial charge in [0.2, 0.25) is 0 Å². The van der Waals surface area contributed by atoms with Crippen LogP contribution >= 0.6 is 0 Å². The molecule has 0 radical (unpaired) electrons. The SMILES string of the molecule is N#Cc1ccccc1CN1CCC(C(=O)N2CCC2)(n2cccn2)CC1. The van der Waals surface area contributed by atoms with Crippen molar-refractivity contribution in [1.29, 1.82) is 5.26 Å². The summed E-state index contributed by atoms with van der Waals surface area (Å²) >= 11 is 0. The molecule has 0 atom stereocenters. The molecule has 3 heterocycles. The van der Waals surface area contributed by atoms with Crippen LogP contribution in [0.2, 0.25) is 0 Å². The minimum atomic E-state index is -0.560. The molecule has 4 rings (SSSR count). The molecule has 2 fully saturated rings. The lowest BCUT2D eigenvalue weighted by Crippen LogP contribution is -2.59. The van der Waals surface area contributed by atoms with Crippen molar-refractivity contribution in [2.45, 2.75) is 31.3 Å². The van der Waals surface area contributed by atoms with E-state index in [9.17, 15) is 10.1 Å². The van der Waals surface area contributed by atoms with E-state index in [1.165, 1.54) is 0 Å². The molecule has 2 aliphatic heterocycles. The van der Waals surface area contributed by atoms with Crippen LogP contribution in [0.15, 0.2) is 42.7 Å². The Bertz CT molecular complexity index is 811. The van der Waals surface area contributed by atoms with Gasteiger partial charge in [-0.25, -0.2) is 0 Å². The predicted molar refractivity (Wildman–Crippen MR) is 97.1 cm³/mol. The Kier molecular flexibility index (Phi) is 4.48. The highest BCUT2D eigenvalue weighted by molar-refractivity contribution is 5.85. The van der Waals surface area contributed by atoms with Gasteiger partial charge in [-0.15, -0.1) is 0 Å². The number of carbonyl (C=O) groups excluding carboxylic acids is 1. The lowest BCUT2D eigenvalue weighted by molar-refractivity contribution is -0.148. The van der Waals surface area contributed by atoms with Crippen molar-refractivity contribution in [3.63, 3.8) is 0 Å². The molecule has 0 unspecified atom stereocenters. The third-order valence-electron chi connectivity index (χ3n) is 5.70. The van der Waals surface area contributed by atoms with Crippen LogP contribution in [0.5, 0.6) is 0 Å². The Balaban J connectivity index is 1.51. The van der Waals surface area contributed by atoms with E-state index in [1.807, 2.05) is 46.1 Å².